The van der Waals surface area contributed by atoms with Crippen molar-refractivity contribution < 1.29 is 4.74 Å². The van der Waals surface area contributed by atoms with E-state index in [1.165, 1.54) is 9.75 Å². The molecule has 0 saturated heterocycles. The molecule has 17 heavy (non-hydrogen) atoms. The maximum absolute atomic E-state index is 6.15. The molecule has 3 nitrogen and oxygen atoms in total. The first-order valence-corrected chi connectivity index (χ1v) is 6.96. The summed E-state index contributed by atoms with van der Waals surface area (Å²) < 4.78 is 5.17. The van der Waals surface area contributed by atoms with Crippen molar-refractivity contribution >= 4 is 11.3 Å². The maximum Gasteiger partial charge on any atom is 0.0591 e. The molecule has 0 saturated carbocycles. The summed E-state index contributed by atoms with van der Waals surface area (Å²) in [6.45, 7) is 9.06. The van der Waals surface area contributed by atoms with Crippen molar-refractivity contribution in [1.82, 2.24) is 4.90 Å². The molecule has 1 aromatic rings. The summed E-state index contributed by atoms with van der Waals surface area (Å²) in [4.78, 5) is 5.09. The van der Waals surface area contributed by atoms with E-state index in [2.05, 4.69) is 37.8 Å². The molecule has 1 aromatic heterocycles. The molecule has 0 fully saturated rings. The summed E-state index contributed by atoms with van der Waals surface area (Å²) >= 11 is 1.84. The van der Waals surface area contributed by atoms with E-state index >= 15 is 0 Å². The minimum absolute atomic E-state index is 0.129. The van der Waals surface area contributed by atoms with Crippen molar-refractivity contribution in [2.75, 3.05) is 26.8 Å². The van der Waals surface area contributed by atoms with Crippen molar-refractivity contribution in [3.63, 3.8) is 0 Å². The highest BCUT2D eigenvalue weighted by atomic mass is 32.1. The Hall–Kier alpha value is -0.420. The van der Waals surface area contributed by atoms with Crippen LogP contribution >= 0.6 is 11.3 Å². The van der Waals surface area contributed by atoms with Crippen LogP contribution in [0.25, 0.3) is 0 Å². The van der Waals surface area contributed by atoms with E-state index in [4.69, 9.17) is 10.5 Å². The van der Waals surface area contributed by atoms with Crippen molar-refractivity contribution in [1.29, 1.82) is 0 Å². The van der Waals surface area contributed by atoms with E-state index < -0.39 is 0 Å². The molecule has 2 unspecified atom stereocenters. The third kappa shape index (κ3) is 4.07. The molecule has 0 aliphatic carbocycles. The summed E-state index contributed by atoms with van der Waals surface area (Å²) in [6, 6.07) is 4.79. The number of aryl methyl sites for hydroxylation is 1. The minimum atomic E-state index is 0.129. The lowest BCUT2D eigenvalue weighted by atomic mass is 10.1. The topological polar surface area (TPSA) is 38.5 Å². The molecule has 0 radical (unpaired) electrons. The number of nitrogens with two attached hydrogens (primary N) is 1. The van der Waals surface area contributed by atoms with Crippen LogP contribution in [-0.4, -0.2) is 37.7 Å². The maximum atomic E-state index is 6.15. The highest BCUT2D eigenvalue weighted by Gasteiger charge is 2.23. The Kier molecular flexibility index (Phi) is 6.12. The van der Waals surface area contributed by atoms with E-state index in [0.29, 0.717) is 6.04 Å². The van der Waals surface area contributed by atoms with E-state index in [9.17, 15) is 0 Å². The summed E-state index contributed by atoms with van der Waals surface area (Å²) in [5.74, 6) is 0. The van der Waals surface area contributed by atoms with Gasteiger partial charge in [0.1, 0.15) is 0 Å². The van der Waals surface area contributed by atoms with Crippen LogP contribution in [0.15, 0.2) is 12.1 Å². The largest absolute Gasteiger partial charge is 0.383 e. The summed E-state index contributed by atoms with van der Waals surface area (Å²) in [7, 11) is 1.74. The fourth-order valence-electron chi connectivity index (χ4n) is 2.09. The zero-order valence-electron chi connectivity index (χ0n) is 11.3. The number of likely N-dealkylation sites (N-methyl/N-ethyl adjacent to an activating group) is 1. The zero-order valence-corrected chi connectivity index (χ0v) is 12.1. The van der Waals surface area contributed by atoms with Gasteiger partial charge in [0.05, 0.1) is 12.6 Å². The Morgan fingerprint density at radius 2 is 2.18 bits per heavy atom. The fraction of sp³-hybridized carbons (Fsp3) is 0.692. The molecule has 2 atom stereocenters. The molecule has 0 spiro atoms. The normalized spacial score (nSPS) is 15.2. The van der Waals surface area contributed by atoms with Gasteiger partial charge in [-0.15, -0.1) is 11.3 Å². The van der Waals surface area contributed by atoms with Crippen LogP contribution < -0.4 is 5.73 Å². The quantitative estimate of drug-likeness (QED) is 0.814. The summed E-state index contributed by atoms with van der Waals surface area (Å²) in [6.07, 6.45) is 0. The standard InChI is InChI=1S/C13H24N2OS/c1-5-15(8-9-16-4)13(11(3)14)12-7-6-10(2)17-12/h6-7,11,13H,5,8-9,14H2,1-4H3. The lowest BCUT2D eigenvalue weighted by Gasteiger charge is -2.32. The van der Waals surface area contributed by atoms with Gasteiger partial charge in [-0.3, -0.25) is 4.90 Å². The predicted molar refractivity (Wildman–Crippen MR) is 74.6 cm³/mol. The zero-order chi connectivity index (χ0) is 12.8. The van der Waals surface area contributed by atoms with Crippen LogP contribution in [0.4, 0.5) is 0 Å². The molecule has 0 amide bonds. The average molecular weight is 256 g/mol. The number of methoxy groups -OCH3 is 1. The first-order valence-electron chi connectivity index (χ1n) is 6.15. The Morgan fingerprint density at radius 1 is 1.47 bits per heavy atom. The Balaban J connectivity index is 2.83. The van der Waals surface area contributed by atoms with Gasteiger partial charge in [-0.1, -0.05) is 6.92 Å². The van der Waals surface area contributed by atoms with E-state index in [-0.39, 0.29) is 6.04 Å². The number of nitrogens with zero attached hydrogens (tertiary/aromatic N) is 1. The van der Waals surface area contributed by atoms with Crippen LogP contribution in [0.3, 0.4) is 0 Å². The van der Waals surface area contributed by atoms with Gasteiger partial charge in [0.15, 0.2) is 0 Å². The van der Waals surface area contributed by atoms with E-state index in [1.807, 2.05) is 11.3 Å². The second-order valence-corrected chi connectivity index (χ2v) is 5.69. The Labute approximate surface area is 109 Å². The van der Waals surface area contributed by atoms with Gasteiger partial charge in [-0.05, 0) is 32.5 Å². The van der Waals surface area contributed by atoms with Crippen LogP contribution in [0, 0.1) is 6.92 Å². The molecule has 0 aliphatic heterocycles. The van der Waals surface area contributed by atoms with E-state index in [0.717, 1.165) is 19.7 Å². The molecule has 1 heterocycles. The molecule has 2 N–H and O–H groups in total. The fourth-order valence-corrected chi connectivity index (χ4v) is 3.21. The average Bonchev–Trinajstić information content (AvgIpc) is 2.69. The lowest BCUT2D eigenvalue weighted by Crippen LogP contribution is -2.40. The van der Waals surface area contributed by atoms with E-state index in [1.54, 1.807) is 7.11 Å². The number of thiophene rings is 1. The smallest absolute Gasteiger partial charge is 0.0591 e. The molecule has 0 bridgehead atoms. The molecule has 98 valence electrons. The SMILES string of the molecule is CCN(CCOC)C(c1ccc(C)s1)C(C)N. The number of hydrogen-bond acceptors (Lipinski definition) is 4. The van der Waals surface area contributed by atoms with Crippen molar-refractivity contribution in [2.24, 2.45) is 5.73 Å². The summed E-state index contributed by atoms with van der Waals surface area (Å²) in [5, 5.41) is 0. The highest BCUT2D eigenvalue weighted by molar-refractivity contribution is 7.12. The Morgan fingerprint density at radius 3 is 2.59 bits per heavy atom. The first kappa shape index (κ1) is 14.6. The molecule has 0 aliphatic rings. The van der Waals surface area contributed by atoms with Crippen molar-refractivity contribution in [3.05, 3.63) is 21.9 Å². The van der Waals surface area contributed by atoms with Gasteiger partial charge in [-0.25, -0.2) is 0 Å². The Bertz CT molecular complexity index is 325. The van der Waals surface area contributed by atoms with Gasteiger partial charge in [0.25, 0.3) is 0 Å². The first-order chi connectivity index (χ1) is 8.10. The highest BCUT2D eigenvalue weighted by Crippen LogP contribution is 2.29. The third-order valence-electron chi connectivity index (χ3n) is 2.93. The summed E-state index contributed by atoms with van der Waals surface area (Å²) in [5.41, 5.74) is 6.15. The number of ether oxygens (including phenoxy) is 1. The lowest BCUT2D eigenvalue weighted by molar-refractivity contribution is 0.116. The monoisotopic (exact) mass is 256 g/mol. The van der Waals surface area contributed by atoms with Crippen molar-refractivity contribution in [2.45, 2.75) is 32.9 Å². The number of hydrogen-bond donors (Lipinski definition) is 1. The second kappa shape index (κ2) is 7.11. The molecule has 0 aromatic carbocycles. The van der Waals surface area contributed by atoms with Crippen molar-refractivity contribution in [3.8, 4) is 0 Å². The van der Waals surface area contributed by atoms with Gasteiger partial charge in [-0.2, -0.15) is 0 Å². The van der Waals surface area contributed by atoms with Gasteiger partial charge in [0, 0.05) is 29.5 Å². The van der Waals surface area contributed by atoms with Gasteiger partial charge >= 0.3 is 0 Å². The second-order valence-electron chi connectivity index (χ2n) is 4.37. The third-order valence-corrected chi connectivity index (χ3v) is 4.00. The molecular formula is C13H24N2OS. The van der Waals surface area contributed by atoms with Crippen LogP contribution in [0.5, 0.6) is 0 Å². The van der Waals surface area contributed by atoms with Gasteiger partial charge < -0.3 is 10.5 Å². The van der Waals surface area contributed by atoms with Crippen LogP contribution in [0.2, 0.25) is 0 Å². The minimum Gasteiger partial charge on any atom is -0.383 e. The predicted octanol–water partition coefficient (Wildman–Crippen LogP) is 2.41. The molecule has 1 rings (SSSR count). The number of rotatable bonds is 7. The van der Waals surface area contributed by atoms with Crippen LogP contribution in [-0.2, 0) is 4.74 Å². The van der Waals surface area contributed by atoms with Gasteiger partial charge in [0.2, 0.25) is 0 Å². The molecule has 4 heteroatoms. The molecular weight excluding hydrogens is 232 g/mol. The van der Waals surface area contributed by atoms with Crippen LogP contribution in [0.1, 0.15) is 29.6 Å².